The summed E-state index contributed by atoms with van der Waals surface area (Å²) in [4.78, 5) is 17.3. The van der Waals surface area contributed by atoms with Crippen LogP contribution in [0.3, 0.4) is 0 Å². The molecule has 1 aromatic carbocycles. The molecule has 0 aliphatic heterocycles. The van der Waals surface area contributed by atoms with E-state index in [1.807, 2.05) is 53.1 Å². The van der Waals surface area contributed by atoms with Crippen molar-refractivity contribution in [2.75, 3.05) is 0 Å². The van der Waals surface area contributed by atoms with Gasteiger partial charge in [-0.15, -0.1) is 0 Å². The Morgan fingerprint density at radius 2 is 1.77 bits per heavy atom. The summed E-state index contributed by atoms with van der Waals surface area (Å²) in [5.41, 5.74) is 2.40. The summed E-state index contributed by atoms with van der Waals surface area (Å²) in [5, 5.41) is 0. The third kappa shape index (κ3) is 1.93. The molecule has 4 aromatic rings. The summed E-state index contributed by atoms with van der Waals surface area (Å²) < 4.78 is 7.37. The van der Waals surface area contributed by atoms with Gasteiger partial charge in [-0.05, 0) is 24.3 Å². The third-order valence-electron chi connectivity index (χ3n) is 3.54. The van der Waals surface area contributed by atoms with Crippen LogP contribution in [0.4, 0.5) is 0 Å². The number of carbonyl (C=O) groups excluding carboxylic acids is 1. The van der Waals surface area contributed by atoms with Crippen LogP contribution in [-0.2, 0) is 0 Å². The van der Waals surface area contributed by atoms with Gasteiger partial charge < -0.3 is 4.42 Å². The van der Waals surface area contributed by atoms with Gasteiger partial charge in [-0.2, -0.15) is 0 Å². The number of aromatic nitrogens is 2. The van der Waals surface area contributed by atoms with Crippen LogP contribution >= 0.6 is 0 Å². The number of rotatable bonds is 3. The molecular weight excluding hydrogens is 276 g/mol. The average molecular weight is 288 g/mol. The number of carbonyl (C=O) groups is 1. The van der Waals surface area contributed by atoms with Crippen molar-refractivity contribution in [2.24, 2.45) is 0 Å². The van der Waals surface area contributed by atoms with E-state index < -0.39 is 0 Å². The largest absolute Gasteiger partial charge is 0.463 e. The molecule has 0 amide bonds. The Bertz CT molecular complexity index is 938. The van der Waals surface area contributed by atoms with Crippen molar-refractivity contribution >= 4 is 11.4 Å². The zero-order valence-corrected chi connectivity index (χ0v) is 11.6. The zero-order chi connectivity index (χ0) is 14.9. The van der Waals surface area contributed by atoms with Crippen molar-refractivity contribution < 1.29 is 9.21 Å². The fraction of sp³-hybridized carbons (Fsp3) is 0. The van der Waals surface area contributed by atoms with Gasteiger partial charge in [0.2, 0.25) is 5.78 Å². The molecule has 0 radical (unpaired) electrons. The van der Waals surface area contributed by atoms with Gasteiger partial charge in [0.25, 0.3) is 0 Å². The minimum absolute atomic E-state index is 0.115. The van der Waals surface area contributed by atoms with Crippen LogP contribution in [0.1, 0.15) is 16.1 Å². The van der Waals surface area contributed by atoms with Crippen LogP contribution in [0.25, 0.3) is 17.1 Å². The first kappa shape index (κ1) is 12.6. The standard InChI is InChI=1S/C18H12N2O2/c21-18(13-7-2-1-3-8-13)16-17(14-9-6-12-22-14)20-11-5-4-10-15(20)19-16/h1-12H. The third-order valence-corrected chi connectivity index (χ3v) is 3.54. The first-order valence-corrected chi connectivity index (χ1v) is 6.95. The fourth-order valence-electron chi connectivity index (χ4n) is 2.53. The number of benzene rings is 1. The molecule has 0 fully saturated rings. The molecule has 4 rings (SSSR count). The predicted molar refractivity (Wildman–Crippen MR) is 82.8 cm³/mol. The number of hydrogen-bond donors (Lipinski definition) is 0. The Hall–Kier alpha value is -3.14. The van der Waals surface area contributed by atoms with E-state index in [0.29, 0.717) is 28.4 Å². The van der Waals surface area contributed by atoms with Gasteiger partial charge in [0.1, 0.15) is 17.0 Å². The number of ketones is 1. The van der Waals surface area contributed by atoms with Gasteiger partial charge in [0.05, 0.1) is 6.26 Å². The smallest absolute Gasteiger partial charge is 0.213 e. The molecule has 0 bridgehead atoms. The lowest BCUT2D eigenvalue weighted by atomic mass is 10.1. The molecule has 0 N–H and O–H groups in total. The van der Waals surface area contributed by atoms with Crippen LogP contribution in [0.5, 0.6) is 0 Å². The number of nitrogens with zero attached hydrogens (tertiary/aromatic N) is 2. The maximum Gasteiger partial charge on any atom is 0.213 e. The Morgan fingerprint density at radius 1 is 0.955 bits per heavy atom. The van der Waals surface area contributed by atoms with Gasteiger partial charge in [-0.1, -0.05) is 36.4 Å². The summed E-state index contributed by atoms with van der Waals surface area (Å²) >= 11 is 0. The van der Waals surface area contributed by atoms with Gasteiger partial charge >= 0.3 is 0 Å². The minimum atomic E-state index is -0.115. The summed E-state index contributed by atoms with van der Waals surface area (Å²) in [6.45, 7) is 0. The van der Waals surface area contributed by atoms with E-state index in [1.54, 1.807) is 24.5 Å². The Morgan fingerprint density at radius 3 is 2.55 bits per heavy atom. The number of pyridine rings is 1. The van der Waals surface area contributed by atoms with Crippen LogP contribution < -0.4 is 0 Å². The Balaban J connectivity index is 1.98. The van der Waals surface area contributed by atoms with E-state index >= 15 is 0 Å². The molecule has 4 nitrogen and oxygen atoms in total. The lowest BCUT2D eigenvalue weighted by molar-refractivity contribution is 0.103. The van der Waals surface area contributed by atoms with Crippen molar-refractivity contribution in [2.45, 2.75) is 0 Å². The first-order chi connectivity index (χ1) is 10.8. The molecule has 0 saturated carbocycles. The lowest BCUT2D eigenvalue weighted by Gasteiger charge is -2.02. The van der Waals surface area contributed by atoms with Crippen molar-refractivity contribution in [1.82, 2.24) is 9.38 Å². The Kier molecular flexibility index (Phi) is 2.86. The van der Waals surface area contributed by atoms with Crippen molar-refractivity contribution in [1.29, 1.82) is 0 Å². The van der Waals surface area contributed by atoms with Gasteiger partial charge in [-0.25, -0.2) is 4.98 Å². The molecule has 0 unspecified atom stereocenters. The van der Waals surface area contributed by atoms with Crippen molar-refractivity contribution in [3.63, 3.8) is 0 Å². The number of imidazole rings is 1. The molecule has 3 aromatic heterocycles. The van der Waals surface area contributed by atoms with Crippen molar-refractivity contribution in [3.8, 4) is 11.5 Å². The molecule has 106 valence electrons. The maximum absolute atomic E-state index is 12.8. The van der Waals surface area contributed by atoms with Gasteiger partial charge in [-0.3, -0.25) is 9.20 Å². The lowest BCUT2D eigenvalue weighted by Crippen LogP contribution is -2.03. The van der Waals surface area contributed by atoms with Crippen LogP contribution in [0.2, 0.25) is 0 Å². The quantitative estimate of drug-likeness (QED) is 0.538. The summed E-state index contributed by atoms with van der Waals surface area (Å²) in [5.74, 6) is 0.508. The fourth-order valence-corrected chi connectivity index (χ4v) is 2.53. The molecule has 0 saturated heterocycles. The Labute approximate surface area is 126 Å². The summed E-state index contributed by atoms with van der Waals surface area (Å²) in [6.07, 6.45) is 3.47. The van der Waals surface area contributed by atoms with Crippen LogP contribution in [0.15, 0.2) is 77.5 Å². The molecule has 0 atom stereocenters. The summed E-state index contributed by atoms with van der Waals surface area (Å²) in [6, 6.07) is 18.4. The highest BCUT2D eigenvalue weighted by molar-refractivity contribution is 6.11. The molecule has 0 spiro atoms. The first-order valence-electron chi connectivity index (χ1n) is 6.95. The highest BCUT2D eigenvalue weighted by atomic mass is 16.3. The highest BCUT2D eigenvalue weighted by Gasteiger charge is 2.22. The van der Waals surface area contributed by atoms with E-state index in [4.69, 9.17) is 4.42 Å². The zero-order valence-electron chi connectivity index (χ0n) is 11.6. The van der Waals surface area contributed by atoms with E-state index in [0.717, 1.165) is 0 Å². The average Bonchev–Trinajstić information content (AvgIpc) is 3.21. The number of hydrogen-bond acceptors (Lipinski definition) is 3. The highest BCUT2D eigenvalue weighted by Crippen LogP contribution is 2.27. The van der Waals surface area contributed by atoms with E-state index in [-0.39, 0.29) is 5.78 Å². The molecule has 0 aliphatic carbocycles. The second kappa shape index (κ2) is 5.00. The van der Waals surface area contributed by atoms with E-state index in [1.165, 1.54) is 0 Å². The topological polar surface area (TPSA) is 47.5 Å². The van der Waals surface area contributed by atoms with Crippen molar-refractivity contribution in [3.05, 3.63) is 84.4 Å². The van der Waals surface area contributed by atoms with Crippen LogP contribution in [0, 0.1) is 0 Å². The summed E-state index contributed by atoms with van der Waals surface area (Å²) in [7, 11) is 0. The minimum Gasteiger partial charge on any atom is -0.463 e. The maximum atomic E-state index is 12.8. The SMILES string of the molecule is O=C(c1ccccc1)c1nc2ccccn2c1-c1ccco1. The predicted octanol–water partition coefficient (Wildman–Crippen LogP) is 3.83. The monoisotopic (exact) mass is 288 g/mol. The number of furan rings is 1. The molecule has 4 heteroatoms. The second-order valence-electron chi connectivity index (χ2n) is 4.91. The van der Waals surface area contributed by atoms with E-state index in [9.17, 15) is 4.79 Å². The number of fused-ring (bicyclic) bond motifs is 1. The van der Waals surface area contributed by atoms with Crippen LogP contribution in [-0.4, -0.2) is 15.2 Å². The normalized spacial score (nSPS) is 10.9. The molecule has 0 aliphatic rings. The van der Waals surface area contributed by atoms with Gasteiger partial charge in [0.15, 0.2) is 5.76 Å². The van der Waals surface area contributed by atoms with E-state index in [2.05, 4.69) is 4.98 Å². The molecule has 3 heterocycles. The molecule has 22 heavy (non-hydrogen) atoms. The molecular formula is C18H12N2O2. The van der Waals surface area contributed by atoms with Gasteiger partial charge in [0, 0.05) is 11.8 Å². The second-order valence-corrected chi connectivity index (χ2v) is 4.91.